The van der Waals surface area contributed by atoms with E-state index >= 15 is 0 Å². The maximum atomic E-state index is 10.9. The third kappa shape index (κ3) is 1.86. The number of nitrogens with two attached hydrogens (primary N) is 1. The second kappa shape index (κ2) is 3.73. The highest BCUT2D eigenvalue weighted by Gasteiger charge is 2.19. The lowest BCUT2D eigenvalue weighted by Gasteiger charge is -2.04. The first kappa shape index (κ1) is 9.28. The van der Waals surface area contributed by atoms with Crippen LogP contribution >= 0.6 is 15.9 Å². The third-order valence-corrected chi connectivity index (χ3v) is 1.78. The van der Waals surface area contributed by atoms with Crippen molar-refractivity contribution in [3.8, 4) is 0 Å². The van der Waals surface area contributed by atoms with Crippen molar-refractivity contribution < 1.29 is 13.9 Å². The Bertz CT molecular complexity index is 284. The van der Waals surface area contributed by atoms with Crippen LogP contribution in [0.15, 0.2) is 21.2 Å². The molecule has 0 aromatic carbocycles. The van der Waals surface area contributed by atoms with Gasteiger partial charge in [0.25, 0.3) is 0 Å². The highest BCUT2D eigenvalue weighted by molar-refractivity contribution is 9.10. The molecule has 0 saturated carbocycles. The van der Waals surface area contributed by atoms with E-state index in [1.807, 2.05) is 0 Å². The van der Waals surface area contributed by atoms with E-state index in [0.29, 0.717) is 10.4 Å². The molecule has 0 aliphatic carbocycles. The van der Waals surface area contributed by atoms with E-state index in [1.165, 1.54) is 7.11 Å². The summed E-state index contributed by atoms with van der Waals surface area (Å²) < 4.78 is 10.0. The summed E-state index contributed by atoms with van der Waals surface area (Å²) in [5.74, 6) is -0.134. The molecule has 2 N–H and O–H groups in total. The van der Waals surface area contributed by atoms with E-state index < -0.39 is 12.0 Å². The molecule has 1 heterocycles. The van der Waals surface area contributed by atoms with Crippen molar-refractivity contribution in [2.24, 2.45) is 5.73 Å². The number of carbonyl (C=O) groups excluding carboxylic acids is 1. The topological polar surface area (TPSA) is 65.5 Å². The number of furan rings is 1. The summed E-state index contributed by atoms with van der Waals surface area (Å²) in [4.78, 5) is 10.9. The van der Waals surface area contributed by atoms with Crippen LogP contribution in [0, 0.1) is 0 Å². The van der Waals surface area contributed by atoms with Gasteiger partial charge in [-0.2, -0.15) is 0 Å². The summed E-state index contributed by atoms with van der Waals surface area (Å²) in [7, 11) is 1.28. The molecule has 12 heavy (non-hydrogen) atoms. The Morgan fingerprint density at radius 2 is 2.42 bits per heavy atom. The SMILES string of the molecule is COC(=O)[C@H](N)c1ccc(Br)o1. The fourth-order valence-electron chi connectivity index (χ4n) is 0.739. The summed E-state index contributed by atoms with van der Waals surface area (Å²) in [5, 5.41) is 0. The minimum atomic E-state index is -0.846. The molecule has 1 aromatic heterocycles. The van der Waals surface area contributed by atoms with Gasteiger partial charge in [-0.05, 0) is 28.1 Å². The first-order valence-electron chi connectivity index (χ1n) is 3.24. The van der Waals surface area contributed by atoms with Gasteiger partial charge in [0, 0.05) is 0 Å². The molecule has 0 unspecified atom stereocenters. The largest absolute Gasteiger partial charge is 0.468 e. The number of hydrogen-bond donors (Lipinski definition) is 1. The van der Waals surface area contributed by atoms with Crippen molar-refractivity contribution in [3.63, 3.8) is 0 Å². The highest BCUT2D eigenvalue weighted by Crippen LogP contribution is 2.19. The lowest BCUT2D eigenvalue weighted by molar-refractivity contribution is -0.142. The molecule has 1 aromatic rings. The quantitative estimate of drug-likeness (QED) is 0.781. The van der Waals surface area contributed by atoms with Crippen LogP contribution in [0.5, 0.6) is 0 Å². The molecule has 4 nitrogen and oxygen atoms in total. The van der Waals surface area contributed by atoms with E-state index in [1.54, 1.807) is 12.1 Å². The Kier molecular flexibility index (Phi) is 2.88. The van der Waals surface area contributed by atoms with E-state index in [0.717, 1.165) is 0 Å². The summed E-state index contributed by atoms with van der Waals surface area (Å²) >= 11 is 3.10. The van der Waals surface area contributed by atoms with Gasteiger partial charge < -0.3 is 14.9 Å². The number of halogens is 1. The summed E-state index contributed by atoms with van der Waals surface area (Å²) in [6.07, 6.45) is 0. The Hall–Kier alpha value is -0.810. The lowest BCUT2D eigenvalue weighted by atomic mass is 10.2. The Balaban J connectivity index is 2.77. The maximum Gasteiger partial charge on any atom is 0.330 e. The number of ether oxygens (including phenoxy) is 1. The second-order valence-electron chi connectivity index (χ2n) is 2.14. The van der Waals surface area contributed by atoms with Gasteiger partial charge in [0.1, 0.15) is 5.76 Å². The smallest absolute Gasteiger partial charge is 0.330 e. The molecular formula is C7H8BrNO3. The summed E-state index contributed by atoms with van der Waals surface area (Å²) in [6.45, 7) is 0. The molecule has 0 spiro atoms. The molecule has 0 amide bonds. The van der Waals surface area contributed by atoms with Crippen molar-refractivity contribution >= 4 is 21.9 Å². The van der Waals surface area contributed by atoms with Crippen LogP contribution in [0.25, 0.3) is 0 Å². The Labute approximate surface area is 77.8 Å². The standard InChI is InChI=1S/C7H8BrNO3/c1-11-7(10)6(9)4-2-3-5(8)12-4/h2-3,6H,9H2,1H3/t6-/m1/s1. The zero-order chi connectivity index (χ0) is 9.14. The molecule has 0 fully saturated rings. The van der Waals surface area contributed by atoms with Crippen LogP contribution < -0.4 is 5.73 Å². The van der Waals surface area contributed by atoms with Gasteiger partial charge in [-0.25, -0.2) is 4.79 Å². The van der Waals surface area contributed by atoms with Crippen molar-refractivity contribution in [1.82, 2.24) is 0 Å². The van der Waals surface area contributed by atoms with Crippen LogP contribution in [0.3, 0.4) is 0 Å². The van der Waals surface area contributed by atoms with Crippen LogP contribution in [0.2, 0.25) is 0 Å². The van der Waals surface area contributed by atoms with E-state index in [-0.39, 0.29) is 0 Å². The zero-order valence-corrected chi connectivity index (χ0v) is 8.00. The molecule has 0 aliphatic rings. The highest BCUT2D eigenvalue weighted by atomic mass is 79.9. The number of carbonyl (C=O) groups is 1. The number of methoxy groups -OCH3 is 1. The Morgan fingerprint density at radius 3 is 2.83 bits per heavy atom. The van der Waals surface area contributed by atoms with Gasteiger partial charge >= 0.3 is 5.97 Å². The molecule has 0 bridgehead atoms. The van der Waals surface area contributed by atoms with E-state index in [9.17, 15) is 4.79 Å². The fraction of sp³-hybridized carbons (Fsp3) is 0.286. The van der Waals surface area contributed by atoms with Gasteiger partial charge in [-0.3, -0.25) is 0 Å². The van der Waals surface area contributed by atoms with Crippen LogP contribution in [0.4, 0.5) is 0 Å². The first-order valence-corrected chi connectivity index (χ1v) is 4.03. The third-order valence-electron chi connectivity index (χ3n) is 1.36. The predicted molar refractivity (Wildman–Crippen MR) is 45.4 cm³/mol. The van der Waals surface area contributed by atoms with E-state index in [4.69, 9.17) is 10.2 Å². The van der Waals surface area contributed by atoms with Crippen molar-refractivity contribution in [2.75, 3.05) is 7.11 Å². The van der Waals surface area contributed by atoms with Gasteiger partial charge in [0.2, 0.25) is 0 Å². The molecule has 1 rings (SSSR count). The van der Waals surface area contributed by atoms with Crippen LogP contribution in [-0.4, -0.2) is 13.1 Å². The molecule has 0 saturated heterocycles. The number of rotatable bonds is 2. The molecule has 0 radical (unpaired) electrons. The minimum absolute atomic E-state index is 0.383. The lowest BCUT2D eigenvalue weighted by Crippen LogP contribution is -2.21. The normalized spacial score (nSPS) is 12.6. The van der Waals surface area contributed by atoms with Crippen molar-refractivity contribution in [1.29, 1.82) is 0 Å². The van der Waals surface area contributed by atoms with Crippen molar-refractivity contribution in [2.45, 2.75) is 6.04 Å². The summed E-state index contributed by atoms with van der Waals surface area (Å²) in [6, 6.07) is 2.44. The molecule has 66 valence electrons. The van der Waals surface area contributed by atoms with Gasteiger partial charge in [-0.15, -0.1) is 0 Å². The first-order chi connectivity index (χ1) is 5.65. The van der Waals surface area contributed by atoms with Gasteiger partial charge in [-0.1, -0.05) is 0 Å². The maximum absolute atomic E-state index is 10.9. The monoisotopic (exact) mass is 233 g/mol. The molecule has 1 atom stereocenters. The van der Waals surface area contributed by atoms with Gasteiger partial charge in [0.15, 0.2) is 10.7 Å². The van der Waals surface area contributed by atoms with Crippen LogP contribution in [-0.2, 0) is 9.53 Å². The van der Waals surface area contributed by atoms with Crippen LogP contribution in [0.1, 0.15) is 11.8 Å². The number of esters is 1. The number of hydrogen-bond acceptors (Lipinski definition) is 4. The summed E-state index contributed by atoms with van der Waals surface area (Å²) in [5.41, 5.74) is 5.47. The second-order valence-corrected chi connectivity index (χ2v) is 2.92. The average molecular weight is 234 g/mol. The molecule has 0 aliphatic heterocycles. The molecular weight excluding hydrogens is 226 g/mol. The average Bonchev–Trinajstić information content (AvgIpc) is 2.49. The van der Waals surface area contributed by atoms with Crippen molar-refractivity contribution in [3.05, 3.63) is 22.6 Å². The fourth-order valence-corrected chi connectivity index (χ4v) is 1.06. The van der Waals surface area contributed by atoms with Gasteiger partial charge in [0.05, 0.1) is 7.11 Å². The predicted octanol–water partition coefficient (Wildman–Crippen LogP) is 1.21. The zero-order valence-electron chi connectivity index (χ0n) is 6.41. The van der Waals surface area contributed by atoms with E-state index in [2.05, 4.69) is 20.7 Å². The Morgan fingerprint density at radius 1 is 1.75 bits per heavy atom. The minimum Gasteiger partial charge on any atom is -0.468 e. The molecule has 5 heteroatoms.